The zero-order chi connectivity index (χ0) is 23.3. The van der Waals surface area contributed by atoms with Crippen molar-refractivity contribution in [3.63, 3.8) is 0 Å². The Kier molecular flexibility index (Phi) is 6.10. The molecule has 2 fully saturated rings. The van der Waals surface area contributed by atoms with Crippen LogP contribution in [0.3, 0.4) is 0 Å². The number of aliphatic hydroxyl groups excluding tert-OH is 1. The molecule has 4 rings (SSSR count). The minimum atomic E-state index is -4.61. The monoisotopic (exact) mass is 470 g/mol. The molecule has 1 aromatic heterocycles. The van der Waals surface area contributed by atoms with Crippen LogP contribution in [0, 0.1) is 11.3 Å². The number of aromatic nitrogens is 1. The van der Waals surface area contributed by atoms with E-state index in [1.165, 1.54) is 12.1 Å². The summed E-state index contributed by atoms with van der Waals surface area (Å²) >= 11 is 0.741. The quantitative estimate of drug-likeness (QED) is 0.611. The van der Waals surface area contributed by atoms with Gasteiger partial charge in [-0.1, -0.05) is 18.7 Å². The number of nitrogens with two attached hydrogens (primary N) is 2. The zero-order valence-electron chi connectivity index (χ0n) is 18.1. The highest BCUT2D eigenvalue weighted by Gasteiger charge is 2.47. The standard InChI is InChI=1S/C21H29F3N6OS/c1-12-10-14(25)20(11-12)5-8-30(9-6-20)19-28-17(26)15(18(31)29(19)2)32-13-4-3-7-27-16(13)21(22,23)24/h3-4,7,12,14,18,31H,5-6,8-11,25-26H2,1-2H3/t12-,14+,18?/m0/s1. The molecule has 0 amide bonds. The van der Waals surface area contributed by atoms with Crippen LogP contribution in [0.15, 0.2) is 38.9 Å². The van der Waals surface area contributed by atoms with Crippen LogP contribution < -0.4 is 11.5 Å². The Hall–Kier alpha value is -1.98. The third-order valence-corrected chi connectivity index (χ3v) is 8.08. The molecule has 7 nitrogen and oxygen atoms in total. The molecule has 2 aliphatic heterocycles. The summed E-state index contributed by atoms with van der Waals surface area (Å²) in [5.74, 6) is 1.16. The fraction of sp³-hybridized carbons (Fsp3) is 0.619. The summed E-state index contributed by atoms with van der Waals surface area (Å²) < 4.78 is 39.9. The van der Waals surface area contributed by atoms with Crippen molar-refractivity contribution in [2.24, 2.45) is 27.8 Å². The highest BCUT2D eigenvalue weighted by atomic mass is 32.2. The fourth-order valence-electron chi connectivity index (χ4n) is 5.20. The van der Waals surface area contributed by atoms with Crippen molar-refractivity contribution >= 4 is 17.7 Å². The molecule has 11 heteroatoms. The molecule has 176 valence electrons. The van der Waals surface area contributed by atoms with Gasteiger partial charge in [0, 0.05) is 37.3 Å². The molecule has 3 heterocycles. The Morgan fingerprint density at radius 1 is 1.28 bits per heavy atom. The van der Waals surface area contributed by atoms with E-state index in [0.29, 0.717) is 11.9 Å². The number of guanidine groups is 1. The minimum Gasteiger partial charge on any atom is -0.383 e. The first kappa shape index (κ1) is 23.2. The fourth-order valence-corrected chi connectivity index (χ4v) is 6.26. The van der Waals surface area contributed by atoms with Crippen molar-refractivity contribution < 1.29 is 18.3 Å². The molecule has 0 aromatic carbocycles. The zero-order valence-corrected chi connectivity index (χ0v) is 19.0. The summed E-state index contributed by atoms with van der Waals surface area (Å²) in [6.07, 6.45) is -0.675. The summed E-state index contributed by atoms with van der Waals surface area (Å²) in [5, 5.41) is 10.9. The Morgan fingerprint density at radius 3 is 2.56 bits per heavy atom. The first-order chi connectivity index (χ1) is 15.0. The molecule has 3 aliphatic rings. The van der Waals surface area contributed by atoms with Crippen LogP contribution in [0.5, 0.6) is 0 Å². The smallest absolute Gasteiger partial charge is 0.383 e. The molecule has 1 spiro atoms. The largest absolute Gasteiger partial charge is 0.434 e. The minimum absolute atomic E-state index is 0.0130. The number of nitrogens with zero attached hydrogens (tertiary/aromatic N) is 4. The lowest BCUT2D eigenvalue weighted by atomic mass is 9.74. The van der Waals surface area contributed by atoms with Gasteiger partial charge in [-0.05, 0) is 49.1 Å². The summed E-state index contributed by atoms with van der Waals surface area (Å²) in [5.41, 5.74) is 11.7. The first-order valence-electron chi connectivity index (χ1n) is 10.7. The van der Waals surface area contributed by atoms with Gasteiger partial charge in [-0.15, -0.1) is 0 Å². The van der Waals surface area contributed by atoms with E-state index in [1.807, 2.05) is 0 Å². The van der Waals surface area contributed by atoms with Crippen molar-refractivity contribution in [3.8, 4) is 0 Å². The average Bonchev–Trinajstić information content (AvgIpc) is 3.01. The predicted molar refractivity (Wildman–Crippen MR) is 117 cm³/mol. The van der Waals surface area contributed by atoms with E-state index < -0.39 is 18.1 Å². The van der Waals surface area contributed by atoms with Gasteiger partial charge in [0.15, 0.2) is 11.9 Å². The molecule has 32 heavy (non-hydrogen) atoms. The third kappa shape index (κ3) is 4.17. The maximum absolute atomic E-state index is 13.3. The van der Waals surface area contributed by atoms with Crippen LogP contribution in [-0.4, -0.2) is 58.3 Å². The molecule has 3 atom stereocenters. The van der Waals surface area contributed by atoms with Crippen LogP contribution in [0.25, 0.3) is 0 Å². The normalized spacial score (nSPS) is 28.5. The highest BCUT2D eigenvalue weighted by molar-refractivity contribution is 8.03. The van der Waals surface area contributed by atoms with Gasteiger partial charge in [-0.3, -0.25) is 4.98 Å². The molecular weight excluding hydrogens is 441 g/mol. The summed E-state index contributed by atoms with van der Waals surface area (Å²) in [7, 11) is 1.66. The molecule has 1 saturated heterocycles. The van der Waals surface area contributed by atoms with Crippen LogP contribution in [0.2, 0.25) is 0 Å². The number of hydrogen-bond acceptors (Lipinski definition) is 8. The first-order valence-corrected chi connectivity index (χ1v) is 11.5. The second-order valence-corrected chi connectivity index (χ2v) is 10.2. The summed E-state index contributed by atoms with van der Waals surface area (Å²) in [4.78, 5) is 11.6. The molecule has 0 radical (unpaired) electrons. The molecule has 0 bridgehead atoms. The number of hydrogen-bond donors (Lipinski definition) is 3. The number of likely N-dealkylation sites (N-methyl/N-ethyl adjacent to an activating group) is 1. The Morgan fingerprint density at radius 2 is 1.97 bits per heavy atom. The van der Waals surface area contributed by atoms with E-state index in [4.69, 9.17) is 11.5 Å². The Balaban J connectivity index is 1.55. The van der Waals surface area contributed by atoms with Crippen LogP contribution >= 0.6 is 11.8 Å². The lowest BCUT2D eigenvalue weighted by Gasteiger charge is -2.46. The SMILES string of the molecule is C[C@H]1C[C@@H](N)C2(CCN(C3=NC(N)=C(Sc4cccnc4C(F)(F)F)C(O)N3C)CC2)C1. The number of rotatable bonds is 2. The van der Waals surface area contributed by atoms with Gasteiger partial charge in [0.05, 0.1) is 4.91 Å². The number of aliphatic imine (C=N–C) groups is 1. The van der Waals surface area contributed by atoms with Crippen LogP contribution in [0.1, 0.15) is 38.3 Å². The Bertz CT molecular complexity index is 928. The Labute approximate surface area is 189 Å². The maximum Gasteiger partial charge on any atom is 0.434 e. The number of alkyl halides is 3. The molecule has 1 aliphatic carbocycles. The van der Waals surface area contributed by atoms with E-state index in [0.717, 1.165) is 56.7 Å². The molecule has 5 N–H and O–H groups in total. The van der Waals surface area contributed by atoms with Gasteiger partial charge in [-0.25, -0.2) is 0 Å². The number of thioether (sulfide) groups is 1. The van der Waals surface area contributed by atoms with E-state index >= 15 is 0 Å². The average molecular weight is 471 g/mol. The van der Waals surface area contributed by atoms with E-state index in [2.05, 4.69) is 21.8 Å². The number of aliphatic hydroxyl groups is 1. The number of likely N-dealkylation sites (tertiary alicyclic amines) is 1. The number of halogens is 3. The van der Waals surface area contributed by atoms with Gasteiger partial charge in [0.2, 0.25) is 5.96 Å². The summed E-state index contributed by atoms with van der Waals surface area (Å²) in [6.45, 7) is 3.73. The lowest BCUT2D eigenvalue weighted by Crippen LogP contribution is -2.55. The van der Waals surface area contributed by atoms with Crippen molar-refractivity contribution in [3.05, 3.63) is 34.7 Å². The van der Waals surface area contributed by atoms with E-state index in [9.17, 15) is 18.3 Å². The van der Waals surface area contributed by atoms with Gasteiger partial charge < -0.3 is 26.4 Å². The number of pyridine rings is 1. The second kappa shape index (κ2) is 8.42. The lowest BCUT2D eigenvalue weighted by molar-refractivity contribution is -0.143. The third-order valence-electron chi connectivity index (χ3n) is 6.89. The predicted octanol–water partition coefficient (Wildman–Crippen LogP) is 2.78. The van der Waals surface area contributed by atoms with Gasteiger partial charge in [0.25, 0.3) is 0 Å². The van der Waals surface area contributed by atoms with Gasteiger partial charge in [0.1, 0.15) is 5.82 Å². The topological polar surface area (TPSA) is 104 Å². The molecular formula is C21H29F3N6OS. The molecule has 1 unspecified atom stereocenters. The maximum atomic E-state index is 13.3. The van der Waals surface area contributed by atoms with E-state index in [-0.39, 0.29) is 27.1 Å². The molecule has 1 aromatic rings. The molecule has 1 saturated carbocycles. The van der Waals surface area contributed by atoms with Crippen LogP contribution in [-0.2, 0) is 6.18 Å². The summed E-state index contributed by atoms with van der Waals surface area (Å²) in [6, 6.07) is 2.93. The second-order valence-electron chi connectivity index (χ2n) is 9.10. The highest BCUT2D eigenvalue weighted by Crippen LogP contribution is 2.48. The van der Waals surface area contributed by atoms with Gasteiger partial charge in [-0.2, -0.15) is 18.2 Å². The van der Waals surface area contributed by atoms with Crippen molar-refractivity contribution in [1.82, 2.24) is 14.8 Å². The van der Waals surface area contributed by atoms with Crippen LogP contribution in [0.4, 0.5) is 13.2 Å². The van der Waals surface area contributed by atoms with Crippen molar-refractivity contribution in [1.29, 1.82) is 0 Å². The number of piperidine rings is 1. The van der Waals surface area contributed by atoms with Crippen molar-refractivity contribution in [2.75, 3.05) is 20.1 Å². The van der Waals surface area contributed by atoms with Gasteiger partial charge >= 0.3 is 6.18 Å². The van der Waals surface area contributed by atoms with Crippen molar-refractivity contribution in [2.45, 2.75) is 55.9 Å². The van der Waals surface area contributed by atoms with E-state index in [1.54, 1.807) is 11.9 Å².